The number of halogens is 1. The van der Waals surface area contributed by atoms with E-state index in [1.807, 2.05) is 13.8 Å². The second kappa shape index (κ2) is 4.17. The molecule has 0 aliphatic heterocycles. The van der Waals surface area contributed by atoms with Crippen molar-refractivity contribution >= 4 is 6.08 Å². The zero-order valence-corrected chi connectivity index (χ0v) is 8.05. The van der Waals surface area contributed by atoms with Crippen LogP contribution in [0, 0.1) is 5.82 Å². The van der Waals surface area contributed by atoms with Crippen LogP contribution in [0.15, 0.2) is 18.7 Å². The summed E-state index contributed by atoms with van der Waals surface area (Å²) in [5, 5.41) is 0. The highest BCUT2D eigenvalue weighted by Gasteiger charge is 2.10. The van der Waals surface area contributed by atoms with Gasteiger partial charge in [-0.15, -0.1) is 0 Å². The summed E-state index contributed by atoms with van der Waals surface area (Å²) in [7, 11) is 0. The molecule has 13 heavy (non-hydrogen) atoms. The minimum atomic E-state index is -0.222. The molecule has 0 aromatic carbocycles. The summed E-state index contributed by atoms with van der Waals surface area (Å²) < 4.78 is 13.2. The van der Waals surface area contributed by atoms with Gasteiger partial charge >= 0.3 is 0 Å². The van der Waals surface area contributed by atoms with E-state index in [-0.39, 0.29) is 11.7 Å². The normalized spacial score (nSPS) is 12.5. The Morgan fingerprint density at radius 3 is 2.85 bits per heavy atom. The first kappa shape index (κ1) is 9.90. The Balaban J connectivity index is 3.10. The van der Waals surface area contributed by atoms with E-state index in [2.05, 4.69) is 11.6 Å². The largest absolute Gasteiger partial charge is 0.250 e. The molecule has 0 radical (unpaired) electrons. The highest BCUT2D eigenvalue weighted by molar-refractivity contribution is 5.41. The summed E-state index contributed by atoms with van der Waals surface area (Å²) in [6.07, 6.45) is 2.52. The summed E-state index contributed by atoms with van der Waals surface area (Å²) in [6.45, 7) is 7.59. The fourth-order valence-electron chi connectivity index (χ4n) is 1.13. The average Bonchev–Trinajstić information content (AvgIpc) is 2.17. The molecular weight excluding hydrogens is 165 g/mol. The molecule has 0 saturated heterocycles. The van der Waals surface area contributed by atoms with Crippen molar-refractivity contribution in [2.24, 2.45) is 0 Å². The van der Waals surface area contributed by atoms with Crippen LogP contribution in [-0.2, 0) is 0 Å². The average molecular weight is 179 g/mol. The highest BCUT2D eigenvalue weighted by Crippen LogP contribution is 2.19. The molecule has 0 N–H and O–H groups in total. The van der Waals surface area contributed by atoms with Gasteiger partial charge in [-0.1, -0.05) is 20.4 Å². The van der Waals surface area contributed by atoms with Crippen LogP contribution in [0.5, 0.6) is 0 Å². The van der Waals surface area contributed by atoms with Crippen LogP contribution >= 0.6 is 0 Å². The molecule has 1 nitrogen and oxygen atoms in total. The van der Waals surface area contributed by atoms with Crippen molar-refractivity contribution in [1.29, 1.82) is 0 Å². The van der Waals surface area contributed by atoms with Crippen LogP contribution in [0.4, 0.5) is 4.39 Å². The van der Waals surface area contributed by atoms with Crippen molar-refractivity contribution in [3.8, 4) is 0 Å². The maximum Gasteiger partial charge on any atom is 0.145 e. The van der Waals surface area contributed by atoms with Gasteiger partial charge in [-0.25, -0.2) is 4.39 Å². The molecule has 1 rings (SSSR count). The molecule has 2 heteroatoms. The molecule has 70 valence electrons. The Hall–Kier alpha value is -1.18. The number of hydrogen-bond acceptors (Lipinski definition) is 1. The van der Waals surface area contributed by atoms with Gasteiger partial charge in [0.1, 0.15) is 5.82 Å². The molecule has 0 fully saturated rings. The first-order valence-corrected chi connectivity index (χ1v) is 4.48. The number of rotatable bonds is 3. The van der Waals surface area contributed by atoms with E-state index in [0.29, 0.717) is 5.69 Å². The Kier molecular flexibility index (Phi) is 3.18. The van der Waals surface area contributed by atoms with E-state index in [1.54, 1.807) is 12.1 Å². The van der Waals surface area contributed by atoms with Crippen LogP contribution in [-0.4, -0.2) is 4.98 Å². The molecule has 1 atom stereocenters. The Morgan fingerprint density at radius 2 is 2.31 bits per heavy atom. The topological polar surface area (TPSA) is 12.9 Å². The molecule has 1 aromatic rings. The lowest BCUT2D eigenvalue weighted by atomic mass is 10.0. The fraction of sp³-hybridized carbons (Fsp3) is 0.364. The number of nitrogens with zero attached hydrogens (tertiary/aromatic N) is 1. The molecule has 0 bridgehead atoms. The summed E-state index contributed by atoms with van der Waals surface area (Å²) in [4.78, 5) is 4.17. The van der Waals surface area contributed by atoms with Crippen LogP contribution in [0.25, 0.3) is 6.08 Å². The van der Waals surface area contributed by atoms with Crippen molar-refractivity contribution in [2.45, 2.75) is 26.2 Å². The minimum absolute atomic E-state index is 0.167. The summed E-state index contributed by atoms with van der Waals surface area (Å²) in [6, 6.07) is 3.08. The van der Waals surface area contributed by atoms with Gasteiger partial charge in [0.05, 0.1) is 11.4 Å². The van der Waals surface area contributed by atoms with Crippen molar-refractivity contribution < 1.29 is 4.39 Å². The Labute approximate surface area is 78.3 Å². The Morgan fingerprint density at radius 1 is 1.62 bits per heavy atom. The predicted octanol–water partition coefficient (Wildman–Crippen LogP) is 3.38. The van der Waals surface area contributed by atoms with Gasteiger partial charge in [-0.3, -0.25) is 4.98 Å². The smallest absolute Gasteiger partial charge is 0.145 e. The second-order valence-corrected chi connectivity index (χ2v) is 3.12. The summed E-state index contributed by atoms with van der Waals surface area (Å²) in [5.74, 6) is -0.0557. The molecule has 1 heterocycles. The number of pyridine rings is 1. The van der Waals surface area contributed by atoms with Gasteiger partial charge in [0.2, 0.25) is 0 Å². The molecule has 0 aliphatic rings. The quantitative estimate of drug-likeness (QED) is 0.693. The van der Waals surface area contributed by atoms with E-state index in [9.17, 15) is 4.39 Å². The molecule has 1 unspecified atom stereocenters. The molecule has 0 spiro atoms. The molecule has 0 saturated carbocycles. The first-order chi connectivity index (χ1) is 6.19. The van der Waals surface area contributed by atoms with Crippen molar-refractivity contribution in [1.82, 2.24) is 4.98 Å². The molecular formula is C11H14FN. The predicted molar refractivity (Wildman–Crippen MR) is 53.0 cm³/mol. The third-order valence-corrected chi connectivity index (χ3v) is 2.18. The molecule has 1 aromatic heterocycles. The summed E-state index contributed by atoms with van der Waals surface area (Å²) in [5.41, 5.74) is 1.27. The van der Waals surface area contributed by atoms with Gasteiger partial charge in [-0.2, -0.15) is 0 Å². The van der Waals surface area contributed by atoms with E-state index >= 15 is 0 Å². The van der Waals surface area contributed by atoms with Gasteiger partial charge in [0, 0.05) is 5.92 Å². The van der Waals surface area contributed by atoms with Crippen LogP contribution < -0.4 is 0 Å². The third kappa shape index (κ3) is 2.14. The lowest BCUT2D eigenvalue weighted by Gasteiger charge is -2.09. The van der Waals surface area contributed by atoms with Crippen LogP contribution in [0.2, 0.25) is 0 Å². The van der Waals surface area contributed by atoms with Crippen LogP contribution in [0.1, 0.15) is 37.6 Å². The summed E-state index contributed by atoms with van der Waals surface area (Å²) >= 11 is 0. The maximum atomic E-state index is 13.2. The molecule has 0 aliphatic carbocycles. The fourth-order valence-corrected chi connectivity index (χ4v) is 1.13. The zero-order chi connectivity index (χ0) is 9.84. The van der Waals surface area contributed by atoms with E-state index in [4.69, 9.17) is 0 Å². The Bertz CT molecular complexity index is 307. The van der Waals surface area contributed by atoms with Gasteiger partial charge < -0.3 is 0 Å². The standard InChI is InChI=1S/C11H14FN/c1-4-8(3)11-10(12)7-6-9(5-2)13-11/h5-8H,2,4H2,1,3H3. The lowest BCUT2D eigenvalue weighted by molar-refractivity contribution is 0.567. The first-order valence-electron chi connectivity index (χ1n) is 4.48. The SMILES string of the molecule is C=Cc1ccc(F)c(C(C)CC)n1. The number of aromatic nitrogens is 1. The van der Waals surface area contributed by atoms with E-state index in [0.717, 1.165) is 12.1 Å². The van der Waals surface area contributed by atoms with E-state index < -0.39 is 0 Å². The monoisotopic (exact) mass is 179 g/mol. The maximum absolute atomic E-state index is 13.2. The second-order valence-electron chi connectivity index (χ2n) is 3.12. The van der Waals surface area contributed by atoms with Gasteiger partial charge in [0.25, 0.3) is 0 Å². The van der Waals surface area contributed by atoms with Gasteiger partial charge in [0.15, 0.2) is 0 Å². The van der Waals surface area contributed by atoms with Crippen molar-refractivity contribution in [3.05, 3.63) is 35.9 Å². The third-order valence-electron chi connectivity index (χ3n) is 2.18. The molecule has 0 amide bonds. The van der Waals surface area contributed by atoms with E-state index in [1.165, 1.54) is 6.07 Å². The highest BCUT2D eigenvalue weighted by atomic mass is 19.1. The van der Waals surface area contributed by atoms with Gasteiger partial charge in [-0.05, 0) is 24.6 Å². The lowest BCUT2D eigenvalue weighted by Crippen LogP contribution is -2.00. The van der Waals surface area contributed by atoms with Crippen molar-refractivity contribution in [3.63, 3.8) is 0 Å². The van der Waals surface area contributed by atoms with Crippen molar-refractivity contribution in [2.75, 3.05) is 0 Å². The zero-order valence-electron chi connectivity index (χ0n) is 8.05. The number of hydrogen-bond donors (Lipinski definition) is 0. The minimum Gasteiger partial charge on any atom is -0.250 e. The van der Waals surface area contributed by atoms with Crippen LogP contribution in [0.3, 0.4) is 0 Å².